The Bertz CT molecular complexity index is 588. The Morgan fingerprint density at radius 3 is 2.63 bits per heavy atom. The second kappa shape index (κ2) is 5.26. The number of rotatable bonds is 4. The molecule has 4 nitrogen and oxygen atoms in total. The first-order valence-electron chi connectivity index (χ1n) is 6.28. The molecule has 1 aromatic carbocycles. The molecule has 0 spiro atoms. The van der Waals surface area contributed by atoms with Crippen molar-refractivity contribution in [1.29, 1.82) is 0 Å². The molecule has 0 radical (unpaired) electrons. The highest BCUT2D eigenvalue weighted by atomic mass is 16.4. The maximum atomic E-state index is 11.1. The summed E-state index contributed by atoms with van der Waals surface area (Å²) in [7, 11) is 0. The molecule has 0 aliphatic carbocycles. The van der Waals surface area contributed by atoms with Crippen molar-refractivity contribution in [2.75, 3.05) is 0 Å². The van der Waals surface area contributed by atoms with Gasteiger partial charge >= 0.3 is 5.97 Å². The molecule has 1 unspecified atom stereocenters. The molecular formula is C15H18N2O2. The average Bonchev–Trinajstić information content (AvgIpc) is 2.87. The van der Waals surface area contributed by atoms with Crippen LogP contribution in [0.4, 0.5) is 0 Å². The van der Waals surface area contributed by atoms with Crippen molar-refractivity contribution >= 4 is 5.97 Å². The predicted octanol–water partition coefficient (Wildman–Crippen LogP) is 2.94. The number of hydrogen-bond acceptors (Lipinski definition) is 2. The van der Waals surface area contributed by atoms with Gasteiger partial charge in [-0.3, -0.25) is 4.79 Å². The summed E-state index contributed by atoms with van der Waals surface area (Å²) in [5.74, 6) is -0.348. The van der Waals surface area contributed by atoms with Crippen molar-refractivity contribution < 1.29 is 9.90 Å². The van der Waals surface area contributed by atoms with Gasteiger partial charge in [0.1, 0.15) is 5.82 Å². The number of nitrogens with one attached hydrogen (secondary N) is 1. The molecule has 4 heteroatoms. The molecule has 0 saturated heterocycles. The van der Waals surface area contributed by atoms with E-state index >= 15 is 0 Å². The minimum atomic E-state index is -0.820. The molecule has 2 N–H and O–H groups in total. The van der Waals surface area contributed by atoms with Gasteiger partial charge in [-0.1, -0.05) is 12.1 Å². The second-order valence-electron chi connectivity index (χ2n) is 4.85. The van der Waals surface area contributed by atoms with Crippen molar-refractivity contribution in [3.05, 3.63) is 52.6 Å². The zero-order valence-electron chi connectivity index (χ0n) is 11.4. The zero-order chi connectivity index (χ0) is 14.0. The first-order chi connectivity index (χ1) is 9.00. The number of aryl methyl sites for hydroxylation is 1. The number of aromatic nitrogens is 2. The van der Waals surface area contributed by atoms with Crippen LogP contribution >= 0.6 is 0 Å². The minimum Gasteiger partial charge on any atom is -0.481 e. The summed E-state index contributed by atoms with van der Waals surface area (Å²) in [6.07, 6.45) is 3.41. The van der Waals surface area contributed by atoms with Crippen LogP contribution in [0, 0.1) is 20.8 Å². The van der Waals surface area contributed by atoms with Crippen LogP contribution in [0.25, 0.3) is 0 Å². The SMILES string of the molecule is Cc1ccc(C(CC(=O)O)c2ncc[nH]2)c(C)c1C. The van der Waals surface area contributed by atoms with Gasteiger partial charge in [-0.05, 0) is 43.0 Å². The van der Waals surface area contributed by atoms with Gasteiger partial charge in [0.15, 0.2) is 0 Å². The highest BCUT2D eigenvalue weighted by molar-refractivity contribution is 5.69. The van der Waals surface area contributed by atoms with Crippen molar-refractivity contribution in [3.63, 3.8) is 0 Å². The minimum absolute atomic E-state index is 0.0385. The first kappa shape index (κ1) is 13.3. The Morgan fingerprint density at radius 2 is 2.05 bits per heavy atom. The normalized spacial score (nSPS) is 12.4. The molecule has 2 rings (SSSR count). The van der Waals surface area contributed by atoms with Gasteiger partial charge in [-0.2, -0.15) is 0 Å². The fourth-order valence-electron chi connectivity index (χ4n) is 2.35. The lowest BCUT2D eigenvalue weighted by molar-refractivity contribution is -0.137. The Hall–Kier alpha value is -2.10. The van der Waals surface area contributed by atoms with E-state index in [-0.39, 0.29) is 12.3 Å². The number of H-pyrrole nitrogens is 1. The molecule has 0 fully saturated rings. The average molecular weight is 258 g/mol. The fraction of sp³-hybridized carbons (Fsp3) is 0.333. The zero-order valence-corrected chi connectivity index (χ0v) is 11.4. The lowest BCUT2D eigenvalue weighted by atomic mass is 9.88. The number of carboxylic acids is 1. The molecular weight excluding hydrogens is 240 g/mol. The monoisotopic (exact) mass is 258 g/mol. The highest BCUT2D eigenvalue weighted by Gasteiger charge is 2.22. The number of carbonyl (C=O) groups is 1. The van der Waals surface area contributed by atoms with E-state index in [0.29, 0.717) is 5.82 Å². The lowest BCUT2D eigenvalue weighted by Crippen LogP contribution is -2.11. The van der Waals surface area contributed by atoms with Gasteiger partial charge in [0, 0.05) is 12.4 Å². The van der Waals surface area contributed by atoms with Crippen LogP contribution in [0.15, 0.2) is 24.5 Å². The van der Waals surface area contributed by atoms with Gasteiger partial charge in [0.2, 0.25) is 0 Å². The van der Waals surface area contributed by atoms with Crippen molar-refractivity contribution in [2.24, 2.45) is 0 Å². The Labute approximate surface area is 112 Å². The van der Waals surface area contributed by atoms with Crippen LogP contribution in [0.5, 0.6) is 0 Å². The summed E-state index contributed by atoms with van der Waals surface area (Å²) in [4.78, 5) is 18.3. The number of imidazole rings is 1. The molecule has 1 atom stereocenters. The van der Waals surface area contributed by atoms with Gasteiger partial charge in [-0.15, -0.1) is 0 Å². The number of hydrogen-bond donors (Lipinski definition) is 2. The third-order valence-corrected chi connectivity index (χ3v) is 3.70. The van der Waals surface area contributed by atoms with Gasteiger partial charge in [0.25, 0.3) is 0 Å². The standard InChI is InChI=1S/C15H18N2O2/c1-9-4-5-12(11(3)10(9)2)13(8-14(18)19)15-16-6-7-17-15/h4-7,13H,8H2,1-3H3,(H,16,17)(H,18,19). The van der Waals surface area contributed by atoms with E-state index in [4.69, 9.17) is 5.11 Å². The number of carboxylic acid groups (broad SMARTS) is 1. The molecule has 0 aliphatic heterocycles. The van der Waals surface area contributed by atoms with E-state index in [1.54, 1.807) is 12.4 Å². The molecule has 2 aromatic rings. The highest BCUT2D eigenvalue weighted by Crippen LogP contribution is 2.30. The summed E-state index contributed by atoms with van der Waals surface area (Å²) in [6, 6.07) is 4.04. The summed E-state index contributed by atoms with van der Waals surface area (Å²) in [6.45, 7) is 6.16. The van der Waals surface area contributed by atoms with Crippen LogP contribution in [0.1, 0.15) is 40.4 Å². The molecule has 1 aromatic heterocycles. The van der Waals surface area contributed by atoms with E-state index in [2.05, 4.69) is 23.8 Å². The number of benzene rings is 1. The third kappa shape index (κ3) is 2.67. The number of aromatic amines is 1. The van der Waals surface area contributed by atoms with Crippen LogP contribution in [0.2, 0.25) is 0 Å². The van der Waals surface area contributed by atoms with Crippen LogP contribution < -0.4 is 0 Å². The first-order valence-corrected chi connectivity index (χ1v) is 6.28. The molecule has 0 saturated carbocycles. The van der Waals surface area contributed by atoms with E-state index in [0.717, 1.165) is 11.1 Å². The summed E-state index contributed by atoms with van der Waals surface area (Å²) < 4.78 is 0. The third-order valence-electron chi connectivity index (χ3n) is 3.70. The predicted molar refractivity (Wildman–Crippen MR) is 73.3 cm³/mol. The molecule has 1 heterocycles. The van der Waals surface area contributed by atoms with Gasteiger partial charge in [-0.25, -0.2) is 4.98 Å². The van der Waals surface area contributed by atoms with Gasteiger partial charge in [0.05, 0.1) is 12.3 Å². The smallest absolute Gasteiger partial charge is 0.304 e. The van der Waals surface area contributed by atoms with Crippen LogP contribution in [-0.2, 0) is 4.79 Å². The Balaban J connectivity index is 2.50. The fourth-order valence-corrected chi connectivity index (χ4v) is 2.35. The van der Waals surface area contributed by atoms with E-state index < -0.39 is 5.97 Å². The van der Waals surface area contributed by atoms with Crippen molar-refractivity contribution in [1.82, 2.24) is 9.97 Å². The summed E-state index contributed by atoms with van der Waals surface area (Å²) in [5, 5.41) is 9.12. The Morgan fingerprint density at radius 1 is 1.32 bits per heavy atom. The largest absolute Gasteiger partial charge is 0.481 e. The maximum Gasteiger partial charge on any atom is 0.304 e. The van der Waals surface area contributed by atoms with Crippen LogP contribution in [0.3, 0.4) is 0 Å². The molecule has 19 heavy (non-hydrogen) atoms. The Kier molecular flexibility index (Phi) is 3.69. The second-order valence-corrected chi connectivity index (χ2v) is 4.85. The number of nitrogens with zero attached hydrogens (tertiary/aromatic N) is 1. The van der Waals surface area contributed by atoms with E-state index in [1.807, 2.05) is 19.1 Å². The van der Waals surface area contributed by atoms with E-state index in [1.165, 1.54) is 11.1 Å². The maximum absolute atomic E-state index is 11.1. The molecule has 0 aliphatic rings. The molecule has 0 amide bonds. The summed E-state index contributed by atoms with van der Waals surface area (Å²) >= 11 is 0. The molecule has 100 valence electrons. The van der Waals surface area contributed by atoms with Gasteiger partial charge < -0.3 is 10.1 Å². The van der Waals surface area contributed by atoms with Crippen LogP contribution in [-0.4, -0.2) is 21.0 Å². The van der Waals surface area contributed by atoms with Crippen molar-refractivity contribution in [2.45, 2.75) is 33.1 Å². The molecule has 0 bridgehead atoms. The quantitative estimate of drug-likeness (QED) is 0.886. The van der Waals surface area contributed by atoms with Crippen molar-refractivity contribution in [3.8, 4) is 0 Å². The van der Waals surface area contributed by atoms with E-state index in [9.17, 15) is 4.79 Å². The number of aliphatic carboxylic acids is 1. The topological polar surface area (TPSA) is 66.0 Å². The summed E-state index contributed by atoms with van der Waals surface area (Å²) in [5.41, 5.74) is 4.59. The lowest BCUT2D eigenvalue weighted by Gasteiger charge is -2.18.